The minimum atomic E-state index is -0.458. The molecule has 2 bridgehead atoms. The van der Waals surface area contributed by atoms with Crippen LogP contribution in [0, 0.1) is 0 Å². The lowest BCUT2D eigenvalue weighted by Crippen LogP contribution is -2.35. The largest absolute Gasteiger partial charge is 0.466 e. The maximum atomic E-state index is 11.4. The molecule has 0 saturated carbocycles. The van der Waals surface area contributed by atoms with Gasteiger partial charge in [0.15, 0.2) is 0 Å². The van der Waals surface area contributed by atoms with Crippen LogP contribution in [0.1, 0.15) is 39.5 Å². The molecular formula is C11H18O4. The van der Waals surface area contributed by atoms with Crippen molar-refractivity contribution in [3.63, 3.8) is 0 Å². The van der Waals surface area contributed by atoms with Crippen molar-refractivity contribution >= 4 is 5.97 Å². The minimum absolute atomic E-state index is 0.226. The number of aliphatic hydroxyl groups is 1. The van der Waals surface area contributed by atoms with Crippen molar-refractivity contribution in [2.75, 3.05) is 6.61 Å². The summed E-state index contributed by atoms with van der Waals surface area (Å²) in [5, 5.41) is 9.81. The summed E-state index contributed by atoms with van der Waals surface area (Å²) in [5.74, 6) is -0.226. The van der Waals surface area contributed by atoms with Gasteiger partial charge in [-0.25, -0.2) is 0 Å². The fourth-order valence-electron chi connectivity index (χ4n) is 2.69. The molecule has 86 valence electrons. The first-order chi connectivity index (χ1) is 7.00. The fraction of sp³-hybridized carbons (Fsp3) is 0.909. The van der Waals surface area contributed by atoms with E-state index in [1.807, 2.05) is 6.92 Å². The second-order valence-corrected chi connectivity index (χ2v) is 4.80. The van der Waals surface area contributed by atoms with Gasteiger partial charge in [0, 0.05) is 6.42 Å². The molecule has 3 unspecified atom stereocenters. The zero-order valence-electron chi connectivity index (χ0n) is 9.28. The van der Waals surface area contributed by atoms with Crippen molar-refractivity contribution in [2.45, 2.75) is 56.8 Å². The molecule has 3 atom stereocenters. The van der Waals surface area contributed by atoms with E-state index in [4.69, 9.17) is 9.47 Å². The van der Waals surface area contributed by atoms with Crippen LogP contribution in [0.25, 0.3) is 0 Å². The van der Waals surface area contributed by atoms with E-state index in [0.717, 1.165) is 12.8 Å². The van der Waals surface area contributed by atoms with E-state index in [0.29, 0.717) is 13.0 Å². The Bertz CT molecular complexity index is 278. The lowest BCUT2D eigenvalue weighted by atomic mass is 9.79. The molecular weight excluding hydrogens is 196 g/mol. The van der Waals surface area contributed by atoms with Crippen LogP contribution in [0.5, 0.6) is 0 Å². The molecule has 0 aliphatic carbocycles. The molecule has 0 aromatic carbocycles. The minimum Gasteiger partial charge on any atom is -0.466 e. The fourth-order valence-corrected chi connectivity index (χ4v) is 2.69. The summed E-state index contributed by atoms with van der Waals surface area (Å²) in [5.41, 5.74) is -0.896. The zero-order valence-corrected chi connectivity index (χ0v) is 9.28. The van der Waals surface area contributed by atoms with Crippen LogP contribution in [0.15, 0.2) is 0 Å². The average Bonchev–Trinajstić information content (AvgIpc) is 2.55. The Morgan fingerprint density at radius 2 is 2.33 bits per heavy atom. The van der Waals surface area contributed by atoms with Crippen molar-refractivity contribution in [1.82, 2.24) is 0 Å². The number of esters is 1. The molecule has 0 radical (unpaired) electrons. The second kappa shape index (κ2) is 3.46. The van der Waals surface area contributed by atoms with E-state index in [9.17, 15) is 9.90 Å². The highest BCUT2D eigenvalue weighted by molar-refractivity contribution is 5.71. The van der Waals surface area contributed by atoms with Crippen molar-refractivity contribution in [1.29, 1.82) is 0 Å². The summed E-state index contributed by atoms with van der Waals surface area (Å²) in [6, 6.07) is 0. The summed E-state index contributed by atoms with van der Waals surface area (Å²) < 4.78 is 10.7. The Balaban J connectivity index is 2.01. The molecule has 2 rings (SSSR count). The average molecular weight is 214 g/mol. The lowest BCUT2D eigenvalue weighted by Gasteiger charge is -2.25. The Labute approximate surface area is 89.6 Å². The van der Waals surface area contributed by atoms with Gasteiger partial charge in [-0.15, -0.1) is 0 Å². The van der Waals surface area contributed by atoms with Gasteiger partial charge < -0.3 is 14.6 Å². The van der Waals surface area contributed by atoms with Gasteiger partial charge in [-0.1, -0.05) is 0 Å². The molecule has 2 fully saturated rings. The summed E-state index contributed by atoms with van der Waals surface area (Å²) in [4.78, 5) is 11.4. The normalized spacial score (nSPS) is 43.3. The van der Waals surface area contributed by atoms with Crippen molar-refractivity contribution in [3.05, 3.63) is 0 Å². The smallest absolute Gasteiger partial charge is 0.308 e. The van der Waals surface area contributed by atoms with E-state index in [-0.39, 0.29) is 12.4 Å². The second-order valence-electron chi connectivity index (χ2n) is 4.80. The Hall–Kier alpha value is -0.610. The molecule has 4 heteroatoms. The van der Waals surface area contributed by atoms with Gasteiger partial charge >= 0.3 is 5.97 Å². The molecule has 4 nitrogen and oxygen atoms in total. The predicted octanol–water partition coefficient (Wildman–Crippen LogP) is 1.01. The van der Waals surface area contributed by atoms with Gasteiger partial charge in [0.05, 0.1) is 30.3 Å². The van der Waals surface area contributed by atoms with E-state index in [2.05, 4.69) is 0 Å². The van der Waals surface area contributed by atoms with Crippen LogP contribution < -0.4 is 0 Å². The van der Waals surface area contributed by atoms with Crippen LogP contribution in [0.4, 0.5) is 0 Å². The maximum Gasteiger partial charge on any atom is 0.308 e. The monoisotopic (exact) mass is 214 g/mol. The summed E-state index contributed by atoms with van der Waals surface area (Å²) in [6.07, 6.45) is 2.06. The van der Waals surface area contributed by atoms with E-state index >= 15 is 0 Å². The molecule has 1 N–H and O–H groups in total. The molecule has 0 spiro atoms. The molecule has 0 aromatic rings. The van der Waals surface area contributed by atoms with Gasteiger partial charge in [0.2, 0.25) is 0 Å². The van der Waals surface area contributed by atoms with E-state index in [1.54, 1.807) is 6.92 Å². The highest BCUT2D eigenvalue weighted by atomic mass is 16.6. The highest BCUT2D eigenvalue weighted by Gasteiger charge is 2.59. The summed E-state index contributed by atoms with van der Waals surface area (Å²) in [6.45, 7) is 4.10. The van der Waals surface area contributed by atoms with E-state index in [1.165, 1.54) is 0 Å². The van der Waals surface area contributed by atoms with Crippen LogP contribution in [-0.4, -0.2) is 35.0 Å². The number of aliphatic hydroxyl groups excluding tert-OH is 1. The van der Waals surface area contributed by atoms with Gasteiger partial charge in [-0.2, -0.15) is 0 Å². The van der Waals surface area contributed by atoms with E-state index < -0.39 is 17.3 Å². The molecule has 2 heterocycles. The number of carbonyl (C=O) groups excluding carboxylic acids is 1. The molecule has 0 amide bonds. The molecule has 2 aliphatic rings. The first kappa shape index (κ1) is 10.9. The number of hydrogen-bond acceptors (Lipinski definition) is 4. The number of carbonyl (C=O) groups is 1. The first-order valence-electron chi connectivity index (χ1n) is 5.54. The molecule has 0 aromatic heterocycles. The molecule has 2 aliphatic heterocycles. The Kier molecular flexibility index (Phi) is 2.51. The number of rotatable bonds is 3. The number of ether oxygens (including phenoxy) is 2. The standard InChI is InChI=1S/C11H18O4/c1-3-14-9(13)7-11-5-4-10(2,15-11)8(12)6-11/h8,12H,3-7H2,1-2H3. The van der Waals surface area contributed by atoms with Gasteiger partial charge in [-0.05, 0) is 26.7 Å². The SMILES string of the molecule is CCOC(=O)CC12CCC(C)(O1)C(O)C2. The highest BCUT2D eigenvalue weighted by Crippen LogP contribution is 2.52. The van der Waals surface area contributed by atoms with Crippen molar-refractivity contribution in [3.8, 4) is 0 Å². The first-order valence-corrected chi connectivity index (χ1v) is 5.54. The van der Waals surface area contributed by atoms with Crippen molar-refractivity contribution in [2.24, 2.45) is 0 Å². The lowest BCUT2D eigenvalue weighted by molar-refractivity contribution is -0.150. The van der Waals surface area contributed by atoms with Crippen LogP contribution in [-0.2, 0) is 14.3 Å². The van der Waals surface area contributed by atoms with Crippen LogP contribution >= 0.6 is 0 Å². The Morgan fingerprint density at radius 1 is 1.60 bits per heavy atom. The van der Waals surface area contributed by atoms with Gasteiger partial charge in [-0.3, -0.25) is 4.79 Å². The third kappa shape index (κ3) is 1.76. The molecule has 2 saturated heterocycles. The predicted molar refractivity (Wildman–Crippen MR) is 53.3 cm³/mol. The van der Waals surface area contributed by atoms with Crippen LogP contribution in [0.3, 0.4) is 0 Å². The summed E-state index contributed by atoms with van der Waals surface area (Å²) in [7, 11) is 0. The third-order valence-electron chi connectivity index (χ3n) is 3.57. The van der Waals surface area contributed by atoms with Crippen LogP contribution in [0.2, 0.25) is 0 Å². The Morgan fingerprint density at radius 3 is 2.80 bits per heavy atom. The maximum absolute atomic E-state index is 11.4. The van der Waals surface area contributed by atoms with Gasteiger partial charge in [0.25, 0.3) is 0 Å². The molecule has 15 heavy (non-hydrogen) atoms. The summed E-state index contributed by atoms with van der Waals surface area (Å²) >= 11 is 0. The number of fused-ring (bicyclic) bond motifs is 2. The number of hydrogen-bond donors (Lipinski definition) is 1. The topological polar surface area (TPSA) is 55.8 Å². The quantitative estimate of drug-likeness (QED) is 0.712. The third-order valence-corrected chi connectivity index (χ3v) is 3.57. The van der Waals surface area contributed by atoms with Crippen molar-refractivity contribution < 1.29 is 19.4 Å². The van der Waals surface area contributed by atoms with Gasteiger partial charge in [0.1, 0.15) is 0 Å². The zero-order chi connectivity index (χ0) is 11.1.